The molecule has 0 aliphatic carbocycles. The van der Waals surface area contributed by atoms with Crippen LogP contribution in [0.1, 0.15) is 0 Å². The van der Waals surface area contributed by atoms with E-state index in [9.17, 15) is 26.4 Å². The van der Waals surface area contributed by atoms with Crippen molar-refractivity contribution in [2.24, 2.45) is 0 Å². The standard InChI is InChI=1S/C12H9F3N6O3S/c13-12(14,15)25(23,24)21-7-3-1-2-6(4-7)18-11-19-9-8(10(22)20-11)16-5-17-9/h1-5,21H,(H3,16,17,18,19,20,22). The number of nitrogens with one attached hydrogen (secondary N) is 4. The van der Waals surface area contributed by atoms with Crippen LogP contribution in [0, 0.1) is 0 Å². The lowest BCUT2D eigenvalue weighted by Gasteiger charge is -2.12. The van der Waals surface area contributed by atoms with Gasteiger partial charge in [0.25, 0.3) is 5.56 Å². The Morgan fingerprint density at radius 2 is 1.88 bits per heavy atom. The summed E-state index contributed by atoms with van der Waals surface area (Å²) >= 11 is 0. The fourth-order valence-electron chi connectivity index (χ4n) is 1.91. The fraction of sp³-hybridized carbons (Fsp3) is 0.0833. The lowest BCUT2D eigenvalue weighted by Crippen LogP contribution is -2.29. The summed E-state index contributed by atoms with van der Waals surface area (Å²) in [6.07, 6.45) is 1.28. The maximum absolute atomic E-state index is 12.4. The van der Waals surface area contributed by atoms with Crippen LogP contribution in [0.4, 0.5) is 30.5 Å². The number of aromatic nitrogens is 4. The SMILES string of the molecule is O=c1[nH]c(Nc2cccc(NS(=O)(=O)C(F)(F)F)c2)nc2nc[nH]c12. The van der Waals surface area contributed by atoms with Gasteiger partial charge in [-0.1, -0.05) is 6.07 Å². The Kier molecular flexibility index (Phi) is 3.87. The molecule has 0 bridgehead atoms. The molecule has 3 aromatic rings. The average molecular weight is 374 g/mol. The van der Waals surface area contributed by atoms with Crippen molar-refractivity contribution in [3.8, 4) is 0 Å². The number of hydrogen-bond acceptors (Lipinski definition) is 6. The highest BCUT2D eigenvalue weighted by atomic mass is 32.2. The average Bonchev–Trinajstić information content (AvgIpc) is 2.95. The Balaban J connectivity index is 1.87. The largest absolute Gasteiger partial charge is 0.516 e. The molecular formula is C12H9F3N6O3S. The van der Waals surface area contributed by atoms with Crippen LogP contribution in [-0.4, -0.2) is 33.9 Å². The van der Waals surface area contributed by atoms with Gasteiger partial charge < -0.3 is 10.3 Å². The Labute approximate surface area is 137 Å². The van der Waals surface area contributed by atoms with Crippen molar-refractivity contribution in [1.29, 1.82) is 0 Å². The molecule has 0 atom stereocenters. The zero-order valence-corrected chi connectivity index (χ0v) is 12.9. The van der Waals surface area contributed by atoms with E-state index < -0.39 is 21.1 Å². The summed E-state index contributed by atoms with van der Waals surface area (Å²) in [5.41, 5.74) is -5.75. The molecule has 0 saturated heterocycles. The first-order chi connectivity index (χ1) is 11.7. The highest BCUT2D eigenvalue weighted by Crippen LogP contribution is 2.26. The summed E-state index contributed by atoms with van der Waals surface area (Å²) in [6, 6.07) is 5.02. The predicted molar refractivity (Wildman–Crippen MR) is 82.8 cm³/mol. The third-order valence-electron chi connectivity index (χ3n) is 2.98. The first-order valence-corrected chi connectivity index (χ1v) is 8.03. The van der Waals surface area contributed by atoms with E-state index in [-0.39, 0.29) is 28.5 Å². The van der Waals surface area contributed by atoms with Gasteiger partial charge in [0.05, 0.1) is 12.0 Å². The number of imidazole rings is 1. The van der Waals surface area contributed by atoms with Gasteiger partial charge in [0.2, 0.25) is 5.95 Å². The zero-order valence-electron chi connectivity index (χ0n) is 12.0. The van der Waals surface area contributed by atoms with Crippen LogP contribution in [0.5, 0.6) is 0 Å². The smallest absolute Gasteiger partial charge is 0.339 e. The van der Waals surface area contributed by atoms with E-state index in [0.29, 0.717) is 0 Å². The number of nitrogens with zero attached hydrogens (tertiary/aromatic N) is 2. The van der Waals surface area contributed by atoms with Crippen molar-refractivity contribution in [2.45, 2.75) is 5.51 Å². The summed E-state index contributed by atoms with van der Waals surface area (Å²) in [4.78, 5) is 24.6. The van der Waals surface area contributed by atoms with Gasteiger partial charge in [-0.05, 0) is 18.2 Å². The normalized spacial score (nSPS) is 12.3. The first kappa shape index (κ1) is 16.8. The maximum Gasteiger partial charge on any atom is 0.516 e. The summed E-state index contributed by atoms with van der Waals surface area (Å²) in [7, 11) is -5.53. The van der Waals surface area contributed by atoms with Gasteiger partial charge in [0.1, 0.15) is 0 Å². The highest BCUT2D eigenvalue weighted by molar-refractivity contribution is 7.93. The van der Waals surface area contributed by atoms with Gasteiger partial charge in [-0.3, -0.25) is 14.5 Å². The zero-order chi connectivity index (χ0) is 18.2. The summed E-state index contributed by atoms with van der Waals surface area (Å²) in [5.74, 6) is -0.0135. The lowest BCUT2D eigenvalue weighted by molar-refractivity contribution is -0.0429. The first-order valence-electron chi connectivity index (χ1n) is 6.55. The molecule has 132 valence electrons. The molecule has 0 unspecified atom stereocenters. The number of anilines is 3. The van der Waals surface area contributed by atoms with Crippen molar-refractivity contribution in [1.82, 2.24) is 19.9 Å². The number of H-pyrrole nitrogens is 2. The van der Waals surface area contributed by atoms with Gasteiger partial charge in [-0.2, -0.15) is 26.6 Å². The molecule has 0 aliphatic rings. The number of alkyl halides is 3. The number of halogens is 3. The monoisotopic (exact) mass is 374 g/mol. The predicted octanol–water partition coefficient (Wildman–Crippen LogP) is 1.65. The van der Waals surface area contributed by atoms with Crippen LogP contribution >= 0.6 is 0 Å². The third-order valence-corrected chi connectivity index (χ3v) is 4.09. The molecule has 0 saturated carbocycles. The molecule has 2 aromatic heterocycles. The second kappa shape index (κ2) is 5.77. The minimum absolute atomic E-state index is 0.0135. The summed E-state index contributed by atoms with van der Waals surface area (Å²) < 4.78 is 60.9. The quantitative estimate of drug-likeness (QED) is 0.549. The molecule has 4 N–H and O–H groups in total. The van der Waals surface area contributed by atoms with E-state index in [0.717, 1.165) is 12.1 Å². The van der Waals surface area contributed by atoms with Crippen LogP contribution in [-0.2, 0) is 10.0 Å². The number of hydrogen-bond donors (Lipinski definition) is 4. The van der Waals surface area contributed by atoms with Crippen molar-refractivity contribution in [2.75, 3.05) is 10.0 Å². The Hall–Kier alpha value is -3.09. The van der Waals surface area contributed by atoms with Crippen LogP contribution in [0.25, 0.3) is 11.2 Å². The van der Waals surface area contributed by atoms with Gasteiger partial charge in [0, 0.05) is 5.69 Å². The molecule has 25 heavy (non-hydrogen) atoms. The highest BCUT2D eigenvalue weighted by Gasteiger charge is 2.46. The van der Waals surface area contributed by atoms with Crippen molar-refractivity contribution < 1.29 is 21.6 Å². The number of fused-ring (bicyclic) bond motifs is 1. The van der Waals surface area contributed by atoms with Crippen molar-refractivity contribution in [3.05, 3.63) is 40.9 Å². The van der Waals surface area contributed by atoms with Crippen LogP contribution in [0.3, 0.4) is 0 Å². The number of rotatable bonds is 4. The Bertz CT molecular complexity index is 1090. The van der Waals surface area contributed by atoms with Gasteiger partial charge in [-0.25, -0.2) is 4.98 Å². The molecule has 0 spiro atoms. The van der Waals surface area contributed by atoms with E-state index in [1.807, 2.05) is 0 Å². The molecular weight excluding hydrogens is 365 g/mol. The van der Waals surface area contributed by atoms with Crippen LogP contribution < -0.4 is 15.6 Å². The second-order valence-corrected chi connectivity index (χ2v) is 6.45. The number of aromatic amines is 2. The van der Waals surface area contributed by atoms with Crippen molar-refractivity contribution >= 4 is 38.5 Å². The molecule has 3 rings (SSSR count). The maximum atomic E-state index is 12.4. The molecule has 2 heterocycles. The molecule has 9 nitrogen and oxygen atoms in total. The van der Waals surface area contributed by atoms with Gasteiger partial charge in [-0.15, -0.1) is 0 Å². The molecule has 13 heteroatoms. The topological polar surface area (TPSA) is 133 Å². The van der Waals surface area contributed by atoms with E-state index in [1.54, 1.807) is 0 Å². The fourth-order valence-corrected chi connectivity index (χ4v) is 2.47. The number of sulfonamides is 1. The molecule has 0 amide bonds. The minimum atomic E-state index is -5.53. The Morgan fingerprint density at radius 1 is 1.16 bits per heavy atom. The minimum Gasteiger partial charge on any atom is -0.339 e. The van der Waals surface area contributed by atoms with Crippen LogP contribution in [0.15, 0.2) is 35.4 Å². The van der Waals surface area contributed by atoms with Crippen LogP contribution in [0.2, 0.25) is 0 Å². The molecule has 1 aromatic carbocycles. The van der Waals surface area contributed by atoms with Crippen molar-refractivity contribution in [3.63, 3.8) is 0 Å². The van der Waals surface area contributed by atoms with E-state index in [1.165, 1.54) is 23.2 Å². The summed E-state index contributed by atoms with van der Waals surface area (Å²) in [5, 5.41) is 2.65. The number of benzene rings is 1. The molecule has 0 fully saturated rings. The van der Waals surface area contributed by atoms with E-state index >= 15 is 0 Å². The van der Waals surface area contributed by atoms with E-state index in [2.05, 4.69) is 25.3 Å². The third kappa shape index (κ3) is 3.40. The van der Waals surface area contributed by atoms with E-state index in [4.69, 9.17) is 0 Å². The molecule has 0 aliphatic heterocycles. The summed E-state index contributed by atoms with van der Waals surface area (Å²) in [6.45, 7) is 0. The Morgan fingerprint density at radius 3 is 2.60 bits per heavy atom. The lowest BCUT2D eigenvalue weighted by atomic mass is 10.3. The molecule has 0 radical (unpaired) electrons. The van der Waals surface area contributed by atoms with Gasteiger partial charge in [0.15, 0.2) is 11.2 Å². The van der Waals surface area contributed by atoms with Gasteiger partial charge >= 0.3 is 15.5 Å². The second-order valence-electron chi connectivity index (χ2n) is 4.77.